The Morgan fingerprint density at radius 3 is 2.30 bits per heavy atom. The van der Waals surface area contributed by atoms with E-state index in [0.717, 1.165) is 11.1 Å². The molecule has 33 heavy (non-hydrogen) atoms. The first-order valence-corrected chi connectivity index (χ1v) is 11.7. The third-order valence-corrected chi connectivity index (χ3v) is 6.20. The van der Waals surface area contributed by atoms with Crippen LogP contribution in [0.25, 0.3) is 0 Å². The van der Waals surface area contributed by atoms with Gasteiger partial charge in [0.05, 0.1) is 12.0 Å². The Labute approximate surface area is 192 Å². The fraction of sp³-hybridized carbons (Fsp3) is 0.208. The zero-order valence-electron chi connectivity index (χ0n) is 18.1. The molecule has 2 N–H and O–H groups in total. The highest BCUT2D eigenvalue weighted by atomic mass is 32.2. The van der Waals surface area contributed by atoms with Crippen LogP contribution in [0.3, 0.4) is 0 Å². The predicted octanol–water partition coefficient (Wildman–Crippen LogP) is 3.40. The van der Waals surface area contributed by atoms with Crippen molar-refractivity contribution in [3.63, 3.8) is 0 Å². The van der Waals surface area contributed by atoms with Gasteiger partial charge in [-0.15, -0.1) is 0 Å². The van der Waals surface area contributed by atoms with Gasteiger partial charge in [0.1, 0.15) is 23.9 Å². The van der Waals surface area contributed by atoms with Crippen molar-refractivity contribution in [2.75, 3.05) is 13.7 Å². The molecule has 0 radical (unpaired) electrons. The molecular weight excluding hydrogens is 447 g/mol. The van der Waals surface area contributed by atoms with Gasteiger partial charge in [-0.3, -0.25) is 4.79 Å². The van der Waals surface area contributed by atoms with E-state index < -0.39 is 10.0 Å². The summed E-state index contributed by atoms with van der Waals surface area (Å²) in [5.74, 6) is 0.594. The van der Waals surface area contributed by atoms with Crippen LogP contribution in [-0.2, 0) is 28.0 Å². The maximum Gasteiger partial charge on any atom is 0.240 e. The van der Waals surface area contributed by atoms with E-state index in [1.807, 2.05) is 12.1 Å². The lowest BCUT2D eigenvalue weighted by Crippen LogP contribution is -2.30. The minimum atomic E-state index is -3.70. The molecule has 0 saturated heterocycles. The molecule has 0 aliphatic heterocycles. The number of carbonyl (C=O) groups excluding carboxylic acids is 1. The molecule has 0 unspecified atom stereocenters. The van der Waals surface area contributed by atoms with Crippen LogP contribution in [-0.4, -0.2) is 28.0 Å². The van der Waals surface area contributed by atoms with Crippen LogP contribution in [0.1, 0.15) is 17.5 Å². The standard InChI is InChI=1S/C24H25FN2O5S/c1-31-21-9-11-23(12-10-21)33(29,30)27-14-13-24(28)26-16-18-5-7-22(8-6-18)32-17-19-3-2-4-20(25)15-19/h2-12,15,27H,13-14,16-17H2,1H3,(H,26,28). The molecule has 7 nitrogen and oxygen atoms in total. The Kier molecular flexibility index (Phi) is 8.39. The van der Waals surface area contributed by atoms with E-state index in [-0.39, 0.29) is 36.2 Å². The quantitative estimate of drug-likeness (QED) is 0.446. The molecule has 3 rings (SSSR count). The molecule has 0 aliphatic carbocycles. The molecule has 1 amide bonds. The number of hydrogen-bond acceptors (Lipinski definition) is 5. The van der Waals surface area contributed by atoms with Gasteiger partial charge in [-0.1, -0.05) is 24.3 Å². The van der Waals surface area contributed by atoms with Crippen molar-refractivity contribution in [2.24, 2.45) is 0 Å². The maximum absolute atomic E-state index is 13.2. The summed E-state index contributed by atoms with van der Waals surface area (Å²) in [7, 11) is -2.20. The lowest BCUT2D eigenvalue weighted by atomic mass is 10.2. The van der Waals surface area contributed by atoms with E-state index in [4.69, 9.17) is 9.47 Å². The highest BCUT2D eigenvalue weighted by Gasteiger charge is 2.14. The Bertz CT molecular complexity index is 1170. The van der Waals surface area contributed by atoms with Crippen molar-refractivity contribution in [2.45, 2.75) is 24.5 Å². The van der Waals surface area contributed by atoms with Crippen molar-refractivity contribution < 1.29 is 27.1 Å². The van der Waals surface area contributed by atoms with Crippen molar-refractivity contribution in [3.05, 3.63) is 89.7 Å². The molecule has 0 aliphatic rings. The summed E-state index contributed by atoms with van der Waals surface area (Å²) in [5.41, 5.74) is 1.59. The predicted molar refractivity (Wildman–Crippen MR) is 122 cm³/mol. The summed E-state index contributed by atoms with van der Waals surface area (Å²) in [5, 5.41) is 2.75. The van der Waals surface area contributed by atoms with E-state index in [2.05, 4.69) is 10.0 Å². The number of halogens is 1. The Morgan fingerprint density at radius 2 is 1.64 bits per heavy atom. The normalized spacial score (nSPS) is 11.1. The second-order valence-electron chi connectivity index (χ2n) is 7.16. The van der Waals surface area contributed by atoms with Gasteiger partial charge in [0.2, 0.25) is 15.9 Å². The summed E-state index contributed by atoms with van der Waals surface area (Å²) >= 11 is 0. The van der Waals surface area contributed by atoms with Gasteiger partial charge in [0.15, 0.2) is 0 Å². The average Bonchev–Trinajstić information content (AvgIpc) is 2.82. The summed E-state index contributed by atoms with van der Waals surface area (Å²) in [4.78, 5) is 12.2. The molecule has 3 aromatic rings. The molecule has 0 fully saturated rings. The van der Waals surface area contributed by atoms with Crippen molar-refractivity contribution in [3.8, 4) is 11.5 Å². The molecule has 3 aromatic carbocycles. The van der Waals surface area contributed by atoms with Gasteiger partial charge >= 0.3 is 0 Å². The molecule has 0 spiro atoms. The molecule has 174 valence electrons. The third-order valence-electron chi connectivity index (χ3n) is 4.72. The maximum atomic E-state index is 13.2. The van der Waals surface area contributed by atoms with E-state index in [1.54, 1.807) is 36.4 Å². The van der Waals surface area contributed by atoms with E-state index in [0.29, 0.717) is 18.0 Å². The van der Waals surface area contributed by atoms with Gasteiger partial charge in [-0.25, -0.2) is 17.5 Å². The first-order valence-electron chi connectivity index (χ1n) is 10.2. The summed E-state index contributed by atoms with van der Waals surface area (Å²) in [6.45, 7) is 0.529. The molecular formula is C24H25FN2O5S. The lowest BCUT2D eigenvalue weighted by molar-refractivity contribution is -0.121. The number of methoxy groups -OCH3 is 1. The first kappa shape index (κ1) is 24.2. The zero-order valence-corrected chi connectivity index (χ0v) is 18.9. The molecule has 0 aromatic heterocycles. The number of rotatable bonds is 11. The summed E-state index contributed by atoms with van der Waals surface area (Å²) in [6.07, 6.45) is 0.00418. The Balaban J connectivity index is 1.39. The monoisotopic (exact) mass is 472 g/mol. The van der Waals surface area contributed by atoms with Crippen molar-refractivity contribution >= 4 is 15.9 Å². The molecule has 9 heteroatoms. The smallest absolute Gasteiger partial charge is 0.240 e. The second kappa shape index (κ2) is 11.4. The third kappa shape index (κ3) is 7.58. The van der Waals surface area contributed by atoms with Crippen LogP contribution in [0.5, 0.6) is 11.5 Å². The van der Waals surface area contributed by atoms with Gasteiger partial charge in [0, 0.05) is 19.5 Å². The number of benzene rings is 3. The first-order chi connectivity index (χ1) is 15.9. The average molecular weight is 473 g/mol. The van der Waals surface area contributed by atoms with Gasteiger partial charge in [-0.2, -0.15) is 0 Å². The van der Waals surface area contributed by atoms with Crippen molar-refractivity contribution in [1.82, 2.24) is 10.0 Å². The number of sulfonamides is 1. The van der Waals surface area contributed by atoms with Crippen LogP contribution in [0.4, 0.5) is 4.39 Å². The number of amides is 1. The highest BCUT2D eigenvalue weighted by molar-refractivity contribution is 7.89. The lowest BCUT2D eigenvalue weighted by Gasteiger charge is -2.09. The molecule has 0 heterocycles. The largest absolute Gasteiger partial charge is 0.497 e. The summed E-state index contributed by atoms with van der Waals surface area (Å²) in [6, 6.07) is 19.4. The van der Waals surface area contributed by atoms with Gasteiger partial charge < -0.3 is 14.8 Å². The molecule has 0 bridgehead atoms. The van der Waals surface area contributed by atoms with Gasteiger partial charge in [-0.05, 0) is 59.7 Å². The fourth-order valence-corrected chi connectivity index (χ4v) is 3.95. The fourth-order valence-electron chi connectivity index (χ4n) is 2.92. The zero-order chi connectivity index (χ0) is 23.7. The topological polar surface area (TPSA) is 93.7 Å². The van der Waals surface area contributed by atoms with E-state index in [9.17, 15) is 17.6 Å². The molecule has 0 saturated carbocycles. The minimum Gasteiger partial charge on any atom is -0.497 e. The Morgan fingerprint density at radius 1 is 0.939 bits per heavy atom. The van der Waals surface area contributed by atoms with Crippen LogP contribution >= 0.6 is 0 Å². The van der Waals surface area contributed by atoms with Crippen LogP contribution in [0, 0.1) is 5.82 Å². The van der Waals surface area contributed by atoms with E-state index in [1.165, 1.54) is 31.4 Å². The van der Waals surface area contributed by atoms with Gasteiger partial charge in [0.25, 0.3) is 0 Å². The number of ether oxygens (including phenoxy) is 2. The van der Waals surface area contributed by atoms with Crippen LogP contribution in [0.15, 0.2) is 77.7 Å². The SMILES string of the molecule is COc1ccc(S(=O)(=O)NCCC(=O)NCc2ccc(OCc3cccc(F)c3)cc2)cc1. The van der Waals surface area contributed by atoms with Crippen molar-refractivity contribution in [1.29, 1.82) is 0 Å². The number of hydrogen-bond donors (Lipinski definition) is 2. The highest BCUT2D eigenvalue weighted by Crippen LogP contribution is 2.16. The molecule has 0 atom stereocenters. The minimum absolute atomic E-state index is 0.00418. The van der Waals surface area contributed by atoms with Crippen LogP contribution in [0.2, 0.25) is 0 Å². The Hall–Kier alpha value is -3.43. The number of carbonyl (C=O) groups is 1. The second-order valence-corrected chi connectivity index (χ2v) is 8.93. The van der Waals surface area contributed by atoms with E-state index >= 15 is 0 Å². The van der Waals surface area contributed by atoms with Crippen LogP contribution < -0.4 is 19.5 Å². The summed E-state index contributed by atoms with van der Waals surface area (Å²) < 4.78 is 50.8. The number of nitrogens with one attached hydrogen (secondary N) is 2.